The van der Waals surface area contributed by atoms with Crippen molar-refractivity contribution in [2.45, 2.75) is 66.5 Å². The third-order valence-corrected chi connectivity index (χ3v) is 13.6. The van der Waals surface area contributed by atoms with E-state index in [1.807, 2.05) is 101 Å². The molecule has 7 heterocycles. The number of nitrogens with two attached hydrogens (primary N) is 1. The minimum atomic E-state index is -0.864. The number of benzene rings is 4. The quantitative estimate of drug-likeness (QED) is 0.0549. The van der Waals surface area contributed by atoms with Gasteiger partial charge in [0.1, 0.15) is 22.1 Å². The maximum atomic E-state index is 12.2. The number of fused-ring (bicyclic) bond motifs is 3. The first kappa shape index (κ1) is 63.7. The first-order valence-corrected chi connectivity index (χ1v) is 28.7. The van der Waals surface area contributed by atoms with Crippen LogP contribution in [-0.4, -0.2) is 115 Å². The molecule has 1 fully saturated rings. The Bertz CT molecular complexity index is 3560. The van der Waals surface area contributed by atoms with Crippen LogP contribution in [0.15, 0.2) is 136 Å². The zero-order chi connectivity index (χ0) is 59.3. The van der Waals surface area contributed by atoms with E-state index in [4.69, 9.17) is 36.7 Å². The van der Waals surface area contributed by atoms with Crippen LogP contribution in [0.4, 0.5) is 27.8 Å². The van der Waals surface area contributed by atoms with E-state index >= 15 is 0 Å². The van der Waals surface area contributed by atoms with Gasteiger partial charge in [-0.1, -0.05) is 76.0 Å². The molecule has 19 nitrogen and oxygen atoms in total. The number of carbonyl (C=O) groups is 3. The third-order valence-electron chi connectivity index (χ3n) is 11.4. The van der Waals surface area contributed by atoms with E-state index in [0.717, 1.165) is 97.1 Å². The molecule has 0 radical (unpaired) electrons. The fraction of sp³-hybridized carbons (Fsp3) is 0.271. The van der Waals surface area contributed by atoms with E-state index in [-0.39, 0.29) is 11.1 Å². The molecule has 0 aliphatic carbocycles. The number of halogens is 3. The number of aromatic carboxylic acids is 1. The zero-order valence-corrected chi connectivity index (χ0v) is 51.3. The number of ketones is 1. The van der Waals surface area contributed by atoms with Gasteiger partial charge in [-0.25, -0.2) is 29.5 Å². The highest BCUT2D eigenvalue weighted by molar-refractivity contribution is 9.10. The van der Waals surface area contributed by atoms with E-state index in [9.17, 15) is 14.4 Å². The smallest absolute Gasteiger partial charge is 0.435 e. The molecule has 9 aromatic rings. The molecule has 1 saturated heterocycles. The largest absolute Gasteiger partial charge is 0.491 e. The number of hydrogen-bond acceptors (Lipinski definition) is 17. The Balaban J connectivity index is 0.000000169. The summed E-state index contributed by atoms with van der Waals surface area (Å²) in [5, 5.41) is 25.4. The first-order valence-electron chi connectivity index (χ1n) is 25.9. The normalized spacial score (nSPS) is 13.1. The number of allylic oxidation sites excluding steroid dienone is 1. The van der Waals surface area contributed by atoms with Gasteiger partial charge in [0, 0.05) is 73.3 Å². The summed E-state index contributed by atoms with van der Waals surface area (Å²) in [6.07, 6.45) is 9.38. The monoisotopic (exact) mass is 1280 g/mol. The Morgan fingerprint density at radius 3 is 2.21 bits per heavy atom. The molecule has 430 valence electrons. The van der Waals surface area contributed by atoms with Gasteiger partial charge >= 0.3 is 12.1 Å². The van der Waals surface area contributed by atoms with Crippen LogP contribution in [0, 0.1) is 6.92 Å². The Morgan fingerprint density at radius 2 is 1.61 bits per heavy atom. The molecule has 0 amide bonds. The van der Waals surface area contributed by atoms with Crippen molar-refractivity contribution in [2.75, 3.05) is 50.6 Å². The topological polar surface area (TPSA) is 259 Å². The molecule has 5 aromatic heterocycles. The summed E-state index contributed by atoms with van der Waals surface area (Å²) in [4.78, 5) is 57.9. The summed E-state index contributed by atoms with van der Waals surface area (Å²) in [6, 6.07) is 30.8. The number of aromatic nitrogens is 7. The van der Waals surface area contributed by atoms with Crippen molar-refractivity contribution < 1.29 is 33.7 Å². The molecule has 7 N–H and O–H groups in total. The second kappa shape index (κ2) is 31.1. The minimum Gasteiger partial charge on any atom is -0.491 e. The maximum Gasteiger partial charge on any atom is 0.435 e. The number of ether oxygens (including phenoxy) is 3. The number of aromatic amines is 1. The predicted molar refractivity (Wildman–Crippen MR) is 336 cm³/mol. The van der Waals surface area contributed by atoms with Crippen LogP contribution >= 0.6 is 54.8 Å². The number of hydrogen-bond donors (Lipinski definition) is 6. The number of aliphatic imine (C=N–C) groups is 1. The summed E-state index contributed by atoms with van der Waals surface area (Å²) in [6.45, 7) is 17.6. The molecule has 11 rings (SSSR count). The van der Waals surface area contributed by atoms with E-state index in [1.54, 1.807) is 50.8 Å². The average molecular weight is 1280 g/mol. The van der Waals surface area contributed by atoms with Gasteiger partial charge in [0.15, 0.2) is 17.4 Å². The number of carboxylic acids is 1. The average Bonchev–Trinajstić information content (AvgIpc) is 4.49. The van der Waals surface area contributed by atoms with Crippen LogP contribution in [0.5, 0.6) is 5.75 Å². The van der Waals surface area contributed by atoms with E-state index in [2.05, 4.69) is 115 Å². The summed E-state index contributed by atoms with van der Waals surface area (Å²) in [7, 11) is 1.61. The van der Waals surface area contributed by atoms with Crippen LogP contribution in [0.1, 0.15) is 79.5 Å². The van der Waals surface area contributed by atoms with Gasteiger partial charge in [-0.05, 0) is 148 Å². The number of Topliss-reactive ketones (excluding diaryl/α,β-unsaturated/α-hetero) is 1. The lowest BCUT2D eigenvalue weighted by Gasteiger charge is -2.19. The highest BCUT2D eigenvalue weighted by Crippen LogP contribution is 2.29. The number of carbonyl (C=O) groups excluding carboxylic acids is 2. The van der Waals surface area contributed by atoms with Gasteiger partial charge in [0.25, 0.3) is 0 Å². The second-order valence-electron chi connectivity index (χ2n) is 19.0. The molecular weight excluding hydrogens is 1220 g/mol. The van der Waals surface area contributed by atoms with E-state index in [0.29, 0.717) is 45.3 Å². The highest BCUT2D eigenvalue weighted by Gasteiger charge is 2.20. The molecule has 23 heteroatoms. The third kappa shape index (κ3) is 19.9. The van der Waals surface area contributed by atoms with Crippen molar-refractivity contribution in [2.24, 2.45) is 10.7 Å². The number of carboxylic acid groups (broad SMARTS) is 1. The Kier molecular flexibility index (Phi) is 24.2. The zero-order valence-electron chi connectivity index (χ0n) is 46.6. The fourth-order valence-corrected chi connectivity index (χ4v) is 9.41. The van der Waals surface area contributed by atoms with Crippen LogP contribution in [-0.2, 0) is 9.47 Å². The fourth-order valence-electron chi connectivity index (χ4n) is 7.44. The van der Waals surface area contributed by atoms with Crippen LogP contribution in [0.2, 0.25) is 5.28 Å². The van der Waals surface area contributed by atoms with Crippen molar-refractivity contribution in [1.82, 2.24) is 40.0 Å². The molecule has 82 heavy (non-hydrogen) atoms. The second-order valence-corrected chi connectivity index (χ2v) is 22.2. The molecule has 0 saturated carbocycles. The summed E-state index contributed by atoms with van der Waals surface area (Å²) in [5.41, 5.74) is 11.2. The van der Waals surface area contributed by atoms with Gasteiger partial charge < -0.3 is 46.0 Å². The van der Waals surface area contributed by atoms with Crippen LogP contribution in [0.3, 0.4) is 0 Å². The van der Waals surface area contributed by atoms with Crippen LogP contribution < -0.4 is 26.4 Å². The number of nitrogens with zero attached hydrogens (tertiary/aromatic N) is 7. The Morgan fingerprint density at radius 1 is 0.890 bits per heavy atom. The molecule has 0 bridgehead atoms. The standard InChI is InChI=1S/C16H16ClN5O2.C16H16N4O.C10H8BrNO.C9H5BrO2S.C4H9NO.C4H11N/c1-16(2,3)24-15(23)22-12-5-4-11(8-10(12)9-19-22)20-13-6-7-18-14(17)21-13;1-11-18-10-15(21-2)16(19-11)20-14-5-3-12(4-6-14)13-7-8-17-9-13;1-6(13)9-4-7-2-3-8(11)5-10(7)12-9;10-6-2-1-5-3-8(9(11)12)13-7(5)4-6;5-4-1-2-6-3-4;1-3-5-4-2/h4-9H,1-3H3,(H,18,20,21);3-7,9-10H,8H2,1-2H3,(H,18,19,20);2-5,12H,1H3;1-4H,(H,11,12);4H,1-3,5H2;5H,3-4H2,1-2H3. The lowest BCUT2D eigenvalue weighted by Crippen LogP contribution is -2.27. The highest BCUT2D eigenvalue weighted by atomic mass is 79.9. The minimum absolute atomic E-state index is 0.0623. The number of anilines is 4. The SMILES string of the molecule is CC(=O)c1cc2ccc(Br)cc2[nH]1.CC(C)(C)OC(=O)n1ncc2cc(Nc3ccnc(Cl)n3)ccc21.CCNCC.COc1cnc(C)nc1Nc1ccc(C2=CCN=C2)cc1.NC1CCOC1.O=C(O)c1cc2ccc(Br)cc2s1. The molecule has 2 aliphatic rings. The summed E-state index contributed by atoms with van der Waals surface area (Å²) >= 11 is 13.8. The van der Waals surface area contributed by atoms with Crippen molar-refractivity contribution in [3.05, 3.63) is 158 Å². The van der Waals surface area contributed by atoms with Crippen molar-refractivity contribution in [1.29, 1.82) is 0 Å². The summed E-state index contributed by atoms with van der Waals surface area (Å²) < 4.78 is 19.8. The maximum absolute atomic E-state index is 12.2. The van der Waals surface area contributed by atoms with Gasteiger partial charge in [-0.3, -0.25) is 9.79 Å². The molecule has 4 aromatic carbocycles. The first-order chi connectivity index (χ1) is 39.2. The van der Waals surface area contributed by atoms with Gasteiger partial charge in [-0.2, -0.15) is 9.78 Å². The van der Waals surface area contributed by atoms with Gasteiger partial charge in [0.2, 0.25) is 5.28 Å². The number of methoxy groups -OCH3 is 1. The van der Waals surface area contributed by atoms with Gasteiger partial charge in [-0.15, -0.1) is 11.3 Å². The number of aryl methyl sites for hydroxylation is 1. The van der Waals surface area contributed by atoms with Gasteiger partial charge in [0.05, 0.1) is 43.9 Å². The van der Waals surface area contributed by atoms with E-state index < -0.39 is 17.7 Å². The van der Waals surface area contributed by atoms with Crippen molar-refractivity contribution >= 4 is 139 Å². The predicted octanol–water partition coefficient (Wildman–Crippen LogP) is 13.9. The molecule has 2 aliphatic heterocycles. The van der Waals surface area contributed by atoms with E-state index in [1.165, 1.54) is 16.0 Å². The number of thiophene rings is 1. The van der Waals surface area contributed by atoms with Crippen LogP contribution in [0.25, 0.3) is 37.5 Å². The molecule has 1 atom stereocenters. The Hall–Kier alpha value is -7.44. The lowest BCUT2D eigenvalue weighted by molar-refractivity contribution is 0.0522. The van der Waals surface area contributed by atoms with Crippen molar-refractivity contribution in [3.8, 4) is 5.75 Å². The summed E-state index contributed by atoms with van der Waals surface area (Å²) in [5.74, 6) is 1.76. The van der Waals surface area contributed by atoms with Crippen molar-refractivity contribution in [3.63, 3.8) is 0 Å². The molecule has 1 unspecified atom stereocenters. The number of rotatable bonds is 10. The molecule has 0 spiro atoms. The molecular formula is C59H65Br2ClN12O7S. The number of nitrogens with one attached hydrogen (secondary N) is 4. The lowest BCUT2D eigenvalue weighted by atomic mass is 10.1. The Labute approximate surface area is 501 Å². The number of H-pyrrole nitrogens is 1.